The highest BCUT2D eigenvalue weighted by molar-refractivity contribution is 5.76. The molecule has 30 heavy (non-hydrogen) atoms. The first-order valence-corrected chi connectivity index (χ1v) is 10.1. The standard InChI is InChI=1S/C24H38N2O4/c1-14(2)9-17-13-26-8-7-16-10-21(28-5)22(29-6)11-18(16)19(26)12-20(17)30-24(27)23(25)15(3)4/h10-11,14-15,17,19-20,23H,7-9,12-13,25H2,1-6H3/t17?,19?,20?,23-/m0/s1/i8D2,10D,11D,12D2,13D2,17D,20D. The Labute approximate surface area is 195 Å². The van der Waals surface area contributed by atoms with Crippen molar-refractivity contribution in [3.05, 3.63) is 23.2 Å². The van der Waals surface area contributed by atoms with Gasteiger partial charge in [-0.3, -0.25) is 9.69 Å². The molecule has 3 unspecified atom stereocenters. The zero-order valence-electron chi connectivity index (χ0n) is 28.4. The number of rotatable bonds is 7. The van der Waals surface area contributed by atoms with Gasteiger partial charge in [0, 0.05) is 40.9 Å². The quantitative estimate of drug-likeness (QED) is 0.670. The molecule has 0 spiro atoms. The molecule has 0 bridgehead atoms. The number of fused-ring (bicyclic) bond motifs is 3. The molecule has 2 aliphatic heterocycles. The number of carbonyl (C=O) groups excluding carboxylic acids is 1. The third-order valence-corrected chi connectivity index (χ3v) is 5.01. The summed E-state index contributed by atoms with van der Waals surface area (Å²) in [5, 5.41) is 0. The van der Waals surface area contributed by atoms with Gasteiger partial charge in [0.05, 0.1) is 18.3 Å². The van der Waals surface area contributed by atoms with Crippen LogP contribution in [-0.2, 0) is 16.0 Å². The summed E-state index contributed by atoms with van der Waals surface area (Å²) in [6, 6.07) is -4.27. The van der Waals surface area contributed by atoms with Crippen LogP contribution in [-0.4, -0.2) is 50.2 Å². The number of methoxy groups -OCH3 is 2. The molecule has 3 rings (SSSR count). The zero-order chi connectivity index (χ0) is 31.0. The molecule has 2 N–H and O–H groups in total. The van der Waals surface area contributed by atoms with Gasteiger partial charge in [-0.25, -0.2) is 0 Å². The van der Waals surface area contributed by atoms with E-state index in [-0.39, 0.29) is 28.7 Å². The predicted octanol–water partition coefficient (Wildman–Crippen LogP) is 3.56. The average molecular weight is 429 g/mol. The van der Waals surface area contributed by atoms with Crippen molar-refractivity contribution in [2.24, 2.45) is 23.5 Å². The summed E-state index contributed by atoms with van der Waals surface area (Å²) in [6.45, 7) is 0.646. The highest BCUT2D eigenvalue weighted by Crippen LogP contribution is 2.44. The second kappa shape index (κ2) is 9.56. The van der Waals surface area contributed by atoms with E-state index < -0.39 is 80.1 Å². The highest BCUT2D eigenvalue weighted by atomic mass is 16.5. The van der Waals surface area contributed by atoms with Crippen molar-refractivity contribution in [2.75, 3.05) is 27.2 Å². The van der Waals surface area contributed by atoms with Crippen molar-refractivity contribution in [3.63, 3.8) is 0 Å². The zero-order valence-corrected chi connectivity index (χ0v) is 18.4. The normalized spacial score (nSPS) is 39.7. The first kappa shape index (κ1) is 12.9. The second-order valence-corrected chi connectivity index (χ2v) is 8.17. The van der Waals surface area contributed by atoms with Crippen molar-refractivity contribution in [3.8, 4) is 11.5 Å². The lowest BCUT2D eigenvalue weighted by atomic mass is 9.79. The van der Waals surface area contributed by atoms with Gasteiger partial charge in [0.25, 0.3) is 0 Å². The minimum absolute atomic E-state index is 0.137. The lowest BCUT2D eigenvalue weighted by molar-refractivity contribution is -0.160. The molecule has 0 aromatic heterocycles. The first-order valence-electron chi connectivity index (χ1n) is 15.1. The van der Waals surface area contributed by atoms with Crippen LogP contribution < -0.4 is 15.2 Å². The van der Waals surface area contributed by atoms with Crippen molar-refractivity contribution < 1.29 is 32.7 Å². The number of hydrogen-bond acceptors (Lipinski definition) is 6. The predicted molar refractivity (Wildman–Crippen MR) is 118 cm³/mol. The lowest BCUT2D eigenvalue weighted by Crippen LogP contribution is -2.51. The van der Waals surface area contributed by atoms with Gasteiger partial charge in [-0.15, -0.1) is 0 Å². The van der Waals surface area contributed by atoms with Crippen molar-refractivity contribution in [2.45, 2.75) is 65.1 Å². The third-order valence-electron chi connectivity index (χ3n) is 5.01. The second-order valence-electron chi connectivity index (χ2n) is 8.17. The molecule has 0 amide bonds. The van der Waals surface area contributed by atoms with Crippen molar-refractivity contribution >= 4 is 5.97 Å². The largest absolute Gasteiger partial charge is 0.493 e. The maximum Gasteiger partial charge on any atom is 0.323 e. The van der Waals surface area contributed by atoms with Crippen LogP contribution in [0.4, 0.5) is 0 Å². The summed E-state index contributed by atoms with van der Waals surface area (Å²) in [4.78, 5) is 13.7. The summed E-state index contributed by atoms with van der Waals surface area (Å²) in [7, 11) is 2.44. The van der Waals surface area contributed by atoms with E-state index in [9.17, 15) is 10.3 Å². The van der Waals surface area contributed by atoms with E-state index in [1.54, 1.807) is 27.7 Å². The monoisotopic (exact) mass is 428 g/mol. The molecule has 2 aliphatic rings. The third kappa shape index (κ3) is 4.75. The van der Waals surface area contributed by atoms with Crippen LogP contribution in [0.1, 0.15) is 71.4 Å². The fourth-order valence-corrected chi connectivity index (χ4v) is 3.29. The van der Waals surface area contributed by atoms with Crippen LogP contribution in [0.5, 0.6) is 11.5 Å². The number of carbonyl (C=O) groups is 1. The van der Waals surface area contributed by atoms with E-state index in [1.165, 1.54) is 14.2 Å². The number of piperidine rings is 1. The topological polar surface area (TPSA) is 74.0 Å². The van der Waals surface area contributed by atoms with Gasteiger partial charge in [-0.05, 0) is 47.9 Å². The number of esters is 1. The lowest BCUT2D eigenvalue weighted by Gasteiger charge is -2.47. The molecule has 6 nitrogen and oxygen atoms in total. The average Bonchev–Trinajstić information content (AvgIpc) is 2.82. The Balaban J connectivity index is 2.49. The Morgan fingerprint density at radius 1 is 1.30 bits per heavy atom. The van der Waals surface area contributed by atoms with Crippen LogP contribution in [0.3, 0.4) is 0 Å². The maximum absolute atomic E-state index is 13.1. The van der Waals surface area contributed by atoms with E-state index in [0.29, 0.717) is 4.90 Å². The molecule has 1 fully saturated rings. The molecule has 0 saturated carbocycles. The van der Waals surface area contributed by atoms with Crippen molar-refractivity contribution in [1.29, 1.82) is 0 Å². The molecule has 1 aromatic carbocycles. The van der Waals surface area contributed by atoms with Crippen LogP contribution in [0.25, 0.3) is 0 Å². The smallest absolute Gasteiger partial charge is 0.323 e. The number of ether oxygens (including phenoxy) is 3. The fourth-order valence-electron chi connectivity index (χ4n) is 3.29. The molecule has 168 valence electrons. The summed E-state index contributed by atoms with van der Waals surface area (Å²) in [5.74, 6) is -5.51. The first-order chi connectivity index (χ1) is 18.1. The Bertz CT molecular complexity index is 1180. The number of nitrogens with two attached hydrogens (primary N) is 1. The van der Waals surface area contributed by atoms with Gasteiger partial charge in [0.15, 0.2) is 11.5 Å². The van der Waals surface area contributed by atoms with E-state index in [4.69, 9.17) is 28.2 Å². The minimum atomic E-state index is -3.27. The highest BCUT2D eigenvalue weighted by Gasteiger charge is 2.41. The van der Waals surface area contributed by atoms with Crippen LogP contribution in [0, 0.1) is 17.7 Å². The van der Waals surface area contributed by atoms with E-state index in [1.807, 2.05) is 0 Å². The maximum atomic E-state index is 13.1. The molecular weight excluding hydrogens is 380 g/mol. The van der Waals surface area contributed by atoms with Gasteiger partial charge in [-0.2, -0.15) is 0 Å². The summed E-state index contributed by atoms with van der Waals surface area (Å²) in [6.07, 6.45) is -7.60. The summed E-state index contributed by atoms with van der Waals surface area (Å²) >= 11 is 0. The SMILES string of the molecule is [2H]c1c2c(c([2H])c(OC)c1OC)C1N(C([2H])([2H])C2)C([2H])([2H])C([2H])(CC(C)C)C([2H])(OC(=O)[C@@H](N)C(C)C)C1([2H])[2H]. The molecule has 0 aliphatic carbocycles. The Hall–Kier alpha value is -1.79. The minimum Gasteiger partial charge on any atom is -0.493 e. The summed E-state index contributed by atoms with van der Waals surface area (Å²) < 4.78 is 107. The van der Waals surface area contributed by atoms with Crippen LogP contribution in [0.2, 0.25) is 0 Å². The van der Waals surface area contributed by atoms with Crippen molar-refractivity contribution in [1.82, 2.24) is 4.90 Å². The molecule has 1 saturated heterocycles. The van der Waals surface area contributed by atoms with E-state index >= 15 is 0 Å². The van der Waals surface area contributed by atoms with E-state index in [2.05, 4.69) is 0 Å². The molecular formula is C24H38N2O4. The number of benzene rings is 1. The van der Waals surface area contributed by atoms with Crippen LogP contribution >= 0.6 is 0 Å². The molecule has 6 heteroatoms. The molecule has 2 heterocycles. The van der Waals surface area contributed by atoms with E-state index in [0.717, 1.165) is 0 Å². The van der Waals surface area contributed by atoms with Crippen LogP contribution in [0.15, 0.2) is 12.1 Å². The molecule has 4 atom stereocenters. The van der Waals surface area contributed by atoms with Gasteiger partial charge >= 0.3 is 5.97 Å². The fraction of sp³-hybridized carbons (Fsp3) is 0.708. The Morgan fingerprint density at radius 3 is 2.57 bits per heavy atom. The number of hydrogen-bond donors (Lipinski definition) is 1. The number of nitrogens with zero attached hydrogens (tertiary/aromatic N) is 1. The van der Waals surface area contributed by atoms with Gasteiger partial charge in [0.1, 0.15) is 12.1 Å². The molecule has 1 aromatic rings. The van der Waals surface area contributed by atoms with Gasteiger partial charge < -0.3 is 19.9 Å². The van der Waals surface area contributed by atoms with Gasteiger partial charge in [-0.1, -0.05) is 27.7 Å². The van der Waals surface area contributed by atoms with Gasteiger partial charge in [0.2, 0.25) is 0 Å². The summed E-state index contributed by atoms with van der Waals surface area (Å²) in [5.41, 5.74) is 5.51. The Morgan fingerprint density at radius 2 is 1.97 bits per heavy atom. The Kier molecular flexibility index (Phi) is 4.12. The molecule has 0 radical (unpaired) electrons.